The molecule has 0 radical (unpaired) electrons. The van der Waals surface area contributed by atoms with Gasteiger partial charge in [0.25, 0.3) is 6.47 Å². The monoisotopic (exact) mass is 472 g/mol. The maximum absolute atomic E-state index is 12.8. The summed E-state index contributed by atoms with van der Waals surface area (Å²) < 4.78 is 1.84. The van der Waals surface area contributed by atoms with Gasteiger partial charge in [0.15, 0.2) is 0 Å². The van der Waals surface area contributed by atoms with Gasteiger partial charge in [-0.15, -0.1) is 0 Å². The quantitative estimate of drug-likeness (QED) is 0.460. The maximum atomic E-state index is 12.8. The molecule has 1 aliphatic rings. The fourth-order valence-electron chi connectivity index (χ4n) is 3.89. The third kappa shape index (κ3) is 7.36. The molecule has 33 heavy (non-hydrogen) atoms. The summed E-state index contributed by atoms with van der Waals surface area (Å²) in [6, 6.07) is 3.88. The molecule has 0 spiro atoms. The molecule has 0 saturated carbocycles. The first-order valence-electron chi connectivity index (χ1n) is 10.6. The van der Waals surface area contributed by atoms with Gasteiger partial charge in [-0.2, -0.15) is 11.3 Å². The number of likely N-dealkylation sites (tertiary alicyclic amines) is 1. The smallest absolute Gasteiger partial charge is 0.290 e. The number of hydrogen-bond acceptors (Lipinski definition) is 7. The molecule has 0 bridgehead atoms. The van der Waals surface area contributed by atoms with Gasteiger partial charge in [-0.25, -0.2) is 9.97 Å². The number of carboxylic acid groups (broad SMARTS) is 1. The Kier molecular flexibility index (Phi) is 8.90. The first-order chi connectivity index (χ1) is 16.0. The summed E-state index contributed by atoms with van der Waals surface area (Å²) in [5.41, 5.74) is 1.82. The highest BCUT2D eigenvalue weighted by Crippen LogP contribution is 2.17. The van der Waals surface area contributed by atoms with E-state index in [1.54, 1.807) is 17.5 Å². The van der Waals surface area contributed by atoms with Crippen LogP contribution < -0.4 is 10.6 Å². The van der Waals surface area contributed by atoms with Crippen molar-refractivity contribution in [1.82, 2.24) is 29.9 Å². The van der Waals surface area contributed by atoms with Gasteiger partial charge in [0.1, 0.15) is 0 Å². The number of thiophene rings is 1. The van der Waals surface area contributed by atoms with Crippen molar-refractivity contribution in [2.75, 3.05) is 20.1 Å². The van der Waals surface area contributed by atoms with Gasteiger partial charge in [-0.05, 0) is 48.3 Å². The van der Waals surface area contributed by atoms with Crippen LogP contribution in [0.1, 0.15) is 24.1 Å². The molecule has 3 aromatic heterocycles. The maximum Gasteiger partial charge on any atom is 0.290 e. The van der Waals surface area contributed by atoms with E-state index in [-0.39, 0.29) is 30.2 Å². The Bertz CT molecular complexity index is 1020. The Morgan fingerprint density at radius 3 is 2.88 bits per heavy atom. The van der Waals surface area contributed by atoms with Crippen LogP contribution in [0.5, 0.6) is 0 Å². The summed E-state index contributed by atoms with van der Waals surface area (Å²) >= 11 is 1.60. The van der Waals surface area contributed by atoms with Crippen LogP contribution in [0.25, 0.3) is 5.78 Å². The van der Waals surface area contributed by atoms with Gasteiger partial charge >= 0.3 is 0 Å². The van der Waals surface area contributed by atoms with Crippen LogP contribution in [0.4, 0.5) is 0 Å². The summed E-state index contributed by atoms with van der Waals surface area (Å²) in [4.78, 5) is 44.2. The van der Waals surface area contributed by atoms with Gasteiger partial charge in [0, 0.05) is 37.7 Å². The van der Waals surface area contributed by atoms with Gasteiger partial charge in [-0.3, -0.25) is 18.8 Å². The van der Waals surface area contributed by atoms with E-state index in [1.165, 1.54) is 0 Å². The predicted octanol–water partition coefficient (Wildman–Crippen LogP) is 1.18. The van der Waals surface area contributed by atoms with Gasteiger partial charge < -0.3 is 20.6 Å². The number of hydrogen-bond donors (Lipinski definition) is 3. The van der Waals surface area contributed by atoms with E-state index >= 15 is 0 Å². The molecule has 2 atom stereocenters. The average Bonchev–Trinajstić information content (AvgIpc) is 3.40. The molecule has 0 unspecified atom stereocenters. The van der Waals surface area contributed by atoms with Crippen molar-refractivity contribution in [3.8, 4) is 0 Å². The Labute approximate surface area is 195 Å². The normalized spacial score (nSPS) is 18.6. The molecule has 176 valence electrons. The third-order valence-corrected chi connectivity index (χ3v) is 6.07. The van der Waals surface area contributed by atoms with Crippen molar-refractivity contribution < 1.29 is 19.5 Å². The number of nitrogens with one attached hydrogen (secondary N) is 2. The zero-order valence-corrected chi connectivity index (χ0v) is 19.2. The van der Waals surface area contributed by atoms with Crippen molar-refractivity contribution in [2.24, 2.45) is 5.92 Å². The topological polar surface area (TPSA) is 129 Å². The van der Waals surface area contributed by atoms with Crippen molar-refractivity contribution in [3.63, 3.8) is 0 Å². The van der Waals surface area contributed by atoms with Crippen LogP contribution in [-0.2, 0) is 27.3 Å². The number of likely N-dealkylation sites (N-methyl/N-ethyl adjacent to an activating group) is 1. The first kappa shape index (κ1) is 24.3. The second-order valence-corrected chi connectivity index (χ2v) is 8.73. The molecule has 4 heterocycles. The number of imidazole rings is 1. The van der Waals surface area contributed by atoms with Gasteiger partial charge in [0.05, 0.1) is 24.6 Å². The summed E-state index contributed by atoms with van der Waals surface area (Å²) in [5, 5.41) is 17.0. The Hall–Kier alpha value is -3.31. The predicted molar refractivity (Wildman–Crippen MR) is 124 cm³/mol. The van der Waals surface area contributed by atoms with Crippen molar-refractivity contribution >= 4 is 35.4 Å². The molecule has 1 saturated heterocycles. The lowest BCUT2D eigenvalue weighted by atomic mass is 10.0. The van der Waals surface area contributed by atoms with Gasteiger partial charge in [0.2, 0.25) is 17.6 Å². The Morgan fingerprint density at radius 1 is 1.33 bits per heavy atom. The fourth-order valence-corrected chi connectivity index (χ4v) is 4.56. The van der Waals surface area contributed by atoms with Crippen molar-refractivity contribution in [3.05, 3.63) is 52.7 Å². The van der Waals surface area contributed by atoms with E-state index in [1.807, 2.05) is 46.7 Å². The minimum absolute atomic E-state index is 0.0251. The van der Waals surface area contributed by atoms with Gasteiger partial charge in [-0.1, -0.05) is 0 Å². The standard InChI is InChI=1S/C21H26N6O2S.CH2O2/c1-26-11-16(3-4-17(12-26)24-19(28)9-15-5-8-30-14-15)20(29)23-10-18-13-27-7-2-6-22-21(27)25-18;2-1-3/h2,5-8,13-14,16-17H,3-4,9-12H2,1H3,(H,23,29)(H,24,28);1H,(H,2,3)/t16-,17+;/m1./s1. The lowest BCUT2D eigenvalue weighted by Crippen LogP contribution is -2.42. The first-order valence-corrected chi connectivity index (χ1v) is 11.6. The number of fused-ring (bicyclic) bond motifs is 1. The van der Waals surface area contributed by atoms with Crippen LogP contribution in [0.3, 0.4) is 0 Å². The molecule has 10 nitrogen and oxygen atoms in total. The van der Waals surface area contributed by atoms with E-state index in [0.717, 1.165) is 30.6 Å². The molecule has 3 aromatic rings. The summed E-state index contributed by atoms with van der Waals surface area (Å²) in [6.45, 7) is 1.55. The summed E-state index contributed by atoms with van der Waals surface area (Å²) in [7, 11) is 2.00. The lowest BCUT2D eigenvalue weighted by Gasteiger charge is -2.21. The number of rotatable bonds is 6. The molecule has 3 N–H and O–H groups in total. The molecule has 2 amide bonds. The summed E-state index contributed by atoms with van der Waals surface area (Å²) in [6.07, 6.45) is 7.39. The second kappa shape index (κ2) is 12.1. The van der Waals surface area contributed by atoms with Crippen molar-refractivity contribution in [2.45, 2.75) is 31.8 Å². The number of carbonyl (C=O) groups excluding carboxylic acids is 2. The molecule has 1 fully saturated rings. The number of carbonyl (C=O) groups is 3. The van der Waals surface area contributed by atoms with E-state index in [0.29, 0.717) is 25.3 Å². The molecular formula is C22H28N6O4S. The largest absolute Gasteiger partial charge is 0.483 e. The van der Waals surface area contributed by atoms with E-state index in [9.17, 15) is 9.59 Å². The Balaban J connectivity index is 0.000000968. The van der Waals surface area contributed by atoms with E-state index in [4.69, 9.17) is 9.90 Å². The SMILES string of the molecule is CN1C[C@@H](NC(=O)Cc2ccsc2)CC[C@@H](C(=O)NCc2cn3cccnc3n2)C1.O=CO. The molecule has 4 rings (SSSR count). The van der Waals surface area contributed by atoms with E-state index in [2.05, 4.69) is 25.5 Å². The number of amides is 2. The Morgan fingerprint density at radius 2 is 2.15 bits per heavy atom. The third-order valence-electron chi connectivity index (χ3n) is 5.34. The molecule has 1 aliphatic heterocycles. The number of nitrogens with zero attached hydrogens (tertiary/aromatic N) is 4. The number of aromatic nitrogens is 3. The zero-order chi connectivity index (χ0) is 23.6. The van der Waals surface area contributed by atoms with Crippen LogP contribution in [-0.4, -0.2) is 68.8 Å². The minimum atomic E-state index is -0.250. The average molecular weight is 473 g/mol. The van der Waals surface area contributed by atoms with Crippen LogP contribution in [0.15, 0.2) is 41.5 Å². The van der Waals surface area contributed by atoms with Crippen LogP contribution in [0.2, 0.25) is 0 Å². The lowest BCUT2D eigenvalue weighted by molar-refractivity contribution is -0.126. The summed E-state index contributed by atoms with van der Waals surface area (Å²) in [5.74, 6) is 0.577. The minimum Gasteiger partial charge on any atom is -0.483 e. The van der Waals surface area contributed by atoms with E-state index < -0.39 is 0 Å². The van der Waals surface area contributed by atoms with Crippen LogP contribution in [0, 0.1) is 5.92 Å². The molecule has 0 aromatic carbocycles. The van der Waals surface area contributed by atoms with Crippen LogP contribution >= 0.6 is 11.3 Å². The molecular weight excluding hydrogens is 444 g/mol. The highest BCUT2D eigenvalue weighted by atomic mass is 32.1. The molecule has 11 heteroatoms. The zero-order valence-electron chi connectivity index (χ0n) is 18.4. The molecule has 0 aliphatic carbocycles. The highest BCUT2D eigenvalue weighted by molar-refractivity contribution is 7.08. The second-order valence-electron chi connectivity index (χ2n) is 7.95. The highest BCUT2D eigenvalue weighted by Gasteiger charge is 2.27. The van der Waals surface area contributed by atoms with Crippen molar-refractivity contribution in [1.29, 1.82) is 0 Å². The fraction of sp³-hybridized carbons (Fsp3) is 0.409.